The summed E-state index contributed by atoms with van der Waals surface area (Å²) in [5.74, 6) is 0.889. The van der Waals surface area contributed by atoms with Crippen molar-refractivity contribution >= 4 is 0 Å². The van der Waals surface area contributed by atoms with Gasteiger partial charge in [0, 0.05) is 13.1 Å². The lowest BCUT2D eigenvalue weighted by molar-refractivity contribution is 0.295. The van der Waals surface area contributed by atoms with Crippen molar-refractivity contribution in [1.82, 2.24) is 9.55 Å². The van der Waals surface area contributed by atoms with Crippen molar-refractivity contribution in [2.24, 2.45) is 12.8 Å². The zero-order valence-corrected chi connectivity index (χ0v) is 11.1. The average Bonchev–Trinajstić information content (AvgIpc) is 2.73. The minimum Gasteiger partial charge on any atom is -0.487 e. The molecule has 4 nitrogen and oxygen atoms in total. The highest BCUT2D eigenvalue weighted by molar-refractivity contribution is 5.37. The maximum absolute atomic E-state index is 5.85. The predicted molar refractivity (Wildman–Crippen MR) is 71.3 cm³/mol. The minimum absolute atomic E-state index is 0.0508. The van der Waals surface area contributed by atoms with Crippen LogP contribution >= 0.6 is 0 Å². The number of benzene rings is 1. The zero-order chi connectivity index (χ0) is 13.1. The fourth-order valence-electron chi connectivity index (χ4n) is 1.79. The monoisotopic (exact) mass is 245 g/mol. The van der Waals surface area contributed by atoms with Crippen molar-refractivity contribution in [3.8, 4) is 5.75 Å². The lowest BCUT2D eigenvalue weighted by Crippen LogP contribution is -2.06. The molecule has 1 aromatic heterocycles. The van der Waals surface area contributed by atoms with E-state index < -0.39 is 0 Å². The first-order chi connectivity index (χ1) is 8.58. The van der Waals surface area contributed by atoms with Gasteiger partial charge in [-0.2, -0.15) is 0 Å². The summed E-state index contributed by atoms with van der Waals surface area (Å²) in [6.07, 6.45) is 3.58. The van der Waals surface area contributed by atoms with Crippen LogP contribution in [0.4, 0.5) is 0 Å². The molecule has 96 valence electrons. The van der Waals surface area contributed by atoms with Crippen molar-refractivity contribution in [3.63, 3.8) is 0 Å². The standard InChI is InChI=1S/C14H19N3O/c1-10-6-12(11(2)15)4-5-14(10)18-8-13-7-16-9-17(13)3/h4-7,9,11H,8,15H2,1-3H3/t11-/m1/s1. The van der Waals surface area contributed by atoms with E-state index in [1.807, 2.05) is 43.8 Å². The Bertz CT molecular complexity index is 532. The molecule has 0 fully saturated rings. The molecule has 0 spiro atoms. The number of aryl methyl sites for hydroxylation is 2. The second-order valence-electron chi connectivity index (χ2n) is 4.60. The molecule has 0 bridgehead atoms. The number of imidazole rings is 1. The lowest BCUT2D eigenvalue weighted by Gasteiger charge is -2.12. The average molecular weight is 245 g/mol. The van der Waals surface area contributed by atoms with Crippen LogP contribution in [0, 0.1) is 6.92 Å². The molecule has 4 heteroatoms. The van der Waals surface area contributed by atoms with Crippen molar-refractivity contribution in [3.05, 3.63) is 47.5 Å². The van der Waals surface area contributed by atoms with Gasteiger partial charge in [-0.3, -0.25) is 0 Å². The number of nitrogens with two attached hydrogens (primary N) is 1. The van der Waals surface area contributed by atoms with Gasteiger partial charge < -0.3 is 15.0 Å². The van der Waals surface area contributed by atoms with Gasteiger partial charge in [-0.1, -0.05) is 12.1 Å². The van der Waals surface area contributed by atoms with Crippen LogP contribution in [-0.4, -0.2) is 9.55 Å². The van der Waals surface area contributed by atoms with Gasteiger partial charge in [-0.15, -0.1) is 0 Å². The Morgan fingerprint density at radius 2 is 2.22 bits per heavy atom. The smallest absolute Gasteiger partial charge is 0.130 e. The molecule has 0 amide bonds. The molecule has 1 heterocycles. The SMILES string of the molecule is Cc1cc([C@@H](C)N)ccc1OCc1cncn1C. The molecule has 2 aromatic rings. The van der Waals surface area contributed by atoms with E-state index in [2.05, 4.69) is 11.1 Å². The number of rotatable bonds is 4. The fraction of sp³-hybridized carbons (Fsp3) is 0.357. The summed E-state index contributed by atoms with van der Waals surface area (Å²) in [7, 11) is 1.96. The quantitative estimate of drug-likeness (QED) is 0.899. The molecule has 0 aliphatic carbocycles. The Morgan fingerprint density at radius 1 is 1.44 bits per heavy atom. The van der Waals surface area contributed by atoms with E-state index in [4.69, 9.17) is 10.5 Å². The first-order valence-electron chi connectivity index (χ1n) is 6.02. The molecule has 0 unspecified atom stereocenters. The maximum atomic E-state index is 5.85. The van der Waals surface area contributed by atoms with E-state index in [0.29, 0.717) is 6.61 Å². The van der Waals surface area contributed by atoms with Crippen LogP contribution in [0.2, 0.25) is 0 Å². The van der Waals surface area contributed by atoms with E-state index in [1.165, 1.54) is 0 Å². The molecular weight excluding hydrogens is 226 g/mol. The van der Waals surface area contributed by atoms with E-state index in [1.54, 1.807) is 6.33 Å². The molecule has 0 saturated heterocycles. The second-order valence-corrected chi connectivity index (χ2v) is 4.60. The van der Waals surface area contributed by atoms with Crippen molar-refractivity contribution in [1.29, 1.82) is 0 Å². The molecule has 0 aliphatic heterocycles. The van der Waals surface area contributed by atoms with Gasteiger partial charge >= 0.3 is 0 Å². The number of hydrogen-bond acceptors (Lipinski definition) is 3. The Kier molecular flexibility index (Phi) is 3.67. The van der Waals surface area contributed by atoms with Gasteiger partial charge in [-0.25, -0.2) is 4.98 Å². The zero-order valence-electron chi connectivity index (χ0n) is 11.1. The van der Waals surface area contributed by atoms with Crippen LogP contribution in [-0.2, 0) is 13.7 Å². The molecule has 0 radical (unpaired) electrons. The van der Waals surface area contributed by atoms with Gasteiger partial charge in [0.1, 0.15) is 12.4 Å². The fourth-order valence-corrected chi connectivity index (χ4v) is 1.79. The summed E-state index contributed by atoms with van der Waals surface area (Å²) in [5.41, 5.74) is 9.13. The number of hydrogen-bond donors (Lipinski definition) is 1. The number of nitrogens with zero attached hydrogens (tertiary/aromatic N) is 2. The van der Waals surface area contributed by atoms with Crippen LogP contribution in [0.5, 0.6) is 5.75 Å². The first kappa shape index (κ1) is 12.6. The van der Waals surface area contributed by atoms with Gasteiger partial charge in [0.2, 0.25) is 0 Å². The van der Waals surface area contributed by atoms with Gasteiger partial charge in [-0.05, 0) is 31.0 Å². The number of ether oxygens (including phenoxy) is 1. The summed E-state index contributed by atoms with van der Waals surface area (Å²) in [6.45, 7) is 4.53. The molecule has 0 saturated carbocycles. The Balaban J connectivity index is 2.08. The van der Waals surface area contributed by atoms with Crippen molar-refractivity contribution in [2.75, 3.05) is 0 Å². The summed E-state index contributed by atoms with van der Waals surface area (Å²) in [4.78, 5) is 4.06. The Hall–Kier alpha value is -1.81. The summed E-state index contributed by atoms with van der Waals surface area (Å²) in [5, 5.41) is 0. The van der Waals surface area contributed by atoms with Gasteiger partial charge in [0.15, 0.2) is 0 Å². The van der Waals surface area contributed by atoms with Crippen LogP contribution in [0.25, 0.3) is 0 Å². The molecule has 18 heavy (non-hydrogen) atoms. The van der Waals surface area contributed by atoms with Gasteiger partial charge in [0.05, 0.1) is 18.2 Å². The summed E-state index contributed by atoms with van der Waals surface area (Å²) >= 11 is 0. The van der Waals surface area contributed by atoms with Gasteiger partial charge in [0.25, 0.3) is 0 Å². The molecule has 2 rings (SSSR count). The highest BCUT2D eigenvalue weighted by Gasteiger charge is 2.05. The van der Waals surface area contributed by atoms with E-state index in [-0.39, 0.29) is 6.04 Å². The third-order valence-electron chi connectivity index (χ3n) is 3.02. The van der Waals surface area contributed by atoms with Crippen molar-refractivity contribution in [2.45, 2.75) is 26.5 Å². The normalized spacial score (nSPS) is 12.4. The highest BCUT2D eigenvalue weighted by atomic mass is 16.5. The van der Waals surface area contributed by atoms with E-state index in [0.717, 1.165) is 22.6 Å². The van der Waals surface area contributed by atoms with E-state index >= 15 is 0 Å². The second kappa shape index (κ2) is 5.23. The molecular formula is C14H19N3O. The largest absolute Gasteiger partial charge is 0.487 e. The molecule has 1 atom stereocenters. The predicted octanol–water partition coefficient (Wildman–Crippen LogP) is 2.33. The molecule has 2 N–H and O–H groups in total. The van der Waals surface area contributed by atoms with E-state index in [9.17, 15) is 0 Å². The first-order valence-corrected chi connectivity index (χ1v) is 6.02. The summed E-state index contributed by atoms with van der Waals surface area (Å²) < 4.78 is 7.75. The molecule has 1 aromatic carbocycles. The van der Waals surface area contributed by atoms with Crippen LogP contribution < -0.4 is 10.5 Å². The number of aromatic nitrogens is 2. The summed E-state index contributed by atoms with van der Waals surface area (Å²) in [6, 6.07) is 6.11. The van der Waals surface area contributed by atoms with Crippen LogP contribution in [0.3, 0.4) is 0 Å². The maximum Gasteiger partial charge on any atom is 0.130 e. The molecule has 0 aliphatic rings. The van der Waals surface area contributed by atoms with Crippen molar-refractivity contribution < 1.29 is 4.74 Å². The third-order valence-corrected chi connectivity index (χ3v) is 3.02. The Labute approximate surface area is 107 Å². The topological polar surface area (TPSA) is 53.1 Å². The van der Waals surface area contributed by atoms with Crippen LogP contribution in [0.15, 0.2) is 30.7 Å². The third kappa shape index (κ3) is 2.71. The minimum atomic E-state index is 0.0508. The Morgan fingerprint density at radius 3 is 2.78 bits per heavy atom. The van der Waals surface area contributed by atoms with Crippen LogP contribution in [0.1, 0.15) is 29.8 Å². The highest BCUT2D eigenvalue weighted by Crippen LogP contribution is 2.22. The lowest BCUT2D eigenvalue weighted by atomic mass is 10.1.